The summed E-state index contributed by atoms with van der Waals surface area (Å²) < 4.78 is 12.7. The maximum atomic E-state index is 13.0. The molecule has 210 valence electrons. The molecule has 0 aliphatic carbocycles. The van der Waals surface area contributed by atoms with E-state index >= 15 is 0 Å². The van der Waals surface area contributed by atoms with Crippen molar-refractivity contribution in [3.63, 3.8) is 0 Å². The second-order valence-corrected chi connectivity index (χ2v) is 10.3. The second-order valence-electron chi connectivity index (χ2n) is 9.47. The summed E-state index contributed by atoms with van der Waals surface area (Å²) in [5.74, 6) is 0.650. The Balaban J connectivity index is 1.60. The molecule has 41 heavy (non-hydrogen) atoms. The van der Waals surface area contributed by atoms with E-state index in [1.165, 1.54) is 6.92 Å². The number of halogens is 2. The number of nitrogens with one attached hydrogen (secondary N) is 1. The summed E-state index contributed by atoms with van der Waals surface area (Å²) >= 11 is 12.8. The lowest BCUT2D eigenvalue weighted by Crippen LogP contribution is -2.34. The maximum absolute atomic E-state index is 13.0. The molecule has 2 aromatic heterocycles. The molecule has 9 nitrogen and oxygen atoms in total. The Morgan fingerprint density at radius 3 is 2.51 bits per heavy atom. The SMILES string of the molecule is COc1ccc(/C=C2\CN(C(C)=O)Cc3c(OC(=O)N[C@H](C)c4ccccn4)nn(-c4ccc(Cl)cc4Cl)c32)cc1. The third-order valence-electron chi connectivity index (χ3n) is 6.66. The predicted octanol–water partition coefficient (Wildman–Crippen LogP) is 6.34. The van der Waals surface area contributed by atoms with Crippen molar-refractivity contribution >= 4 is 46.9 Å². The largest absolute Gasteiger partial charge is 0.497 e. The molecule has 0 radical (unpaired) electrons. The lowest BCUT2D eigenvalue weighted by molar-refractivity contribution is -0.128. The average molecular weight is 592 g/mol. The number of hydrogen-bond donors (Lipinski definition) is 1. The van der Waals surface area contributed by atoms with Crippen LogP contribution in [0.3, 0.4) is 0 Å². The molecule has 1 aliphatic heterocycles. The number of ether oxygens (including phenoxy) is 2. The lowest BCUT2D eigenvalue weighted by Gasteiger charge is -2.29. The zero-order valence-electron chi connectivity index (χ0n) is 22.6. The summed E-state index contributed by atoms with van der Waals surface area (Å²) in [4.78, 5) is 31.6. The van der Waals surface area contributed by atoms with Crippen molar-refractivity contribution in [2.45, 2.75) is 26.4 Å². The number of amides is 2. The zero-order valence-corrected chi connectivity index (χ0v) is 24.1. The average Bonchev–Trinajstić information content (AvgIpc) is 3.31. The number of carbonyl (C=O) groups is 2. The summed E-state index contributed by atoms with van der Waals surface area (Å²) in [7, 11) is 1.61. The van der Waals surface area contributed by atoms with E-state index in [1.54, 1.807) is 54.1 Å². The van der Waals surface area contributed by atoms with Gasteiger partial charge in [-0.1, -0.05) is 41.4 Å². The third kappa shape index (κ3) is 6.21. The molecular weight excluding hydrogens is 565 g/mol. The number of fused-ring (bicyclic) bond motifs is 1. The van der Waals surface area contributed by atoms with Gasteiger partial charge in [0.25, 0.3) is 0 Å². The summed E-state index contributed by atoms with van der Waals surface area (Å²) in [5.41, 5.74) is 4.12. The maximum Gasteiger partial charge on any atom is 0.414 e. The molecule has 1 atom stereocenters. The van der Waals surface area contributed by atoms with Crippen LogP contribution in [-0.2, 0) is 11.3 Å². The summed E-state index contributed by atoms with van der Waals surface area (Å²) in [6.45, 7) is 3.80. The van der Waals surface area contributed by atoms with Crippen molar-refractivity contribution in [1.82, 2.24) is 25.0 Å². The summed E-state index contributed by atoms with van der Waals surface area (Å²) in [5, 5.41) is 8.30. The topological polar surface area (TPSA) is 98.6 Å². The number of pyridine rings is 1. The van der Waals surface area contributed by atoms with E-state index in [4.69, 9.17) is 32.7 Å². The van der Waals surface area contributed by atoms with Crippen LogP contribution in [0.1, 0.15) is 42.4 Å². The van der Waals surface area contributed by atoms with Gasteiger partial charge in [0.05, 0.1) is 47.4 Å². The number of benzene rings is 2. The van der Waals surface area contributed by atoms with E-state index in [-0.39, 0.29) is 18.3 Å². The highest BCUT2D eigenvalue weighted by Gasteiger charge is 2.33. The van der Waals surface area contributed by atoms with Crippen LogP contribution >= 0.6 is 23.2 Å². The third-order valence-corrected chi connectivity index (χ3v) is 7.19. The Morgan fingerprint density at radius 1 is 1.07 bits per heavy atom. The van der Waals surface area contributed by atoms with Gasteiger partial charge in [-0.2, -0.15) is 0 Å². The molecule has 0 fully saturated rings. The fourth-order valence-electron chi connectivity index (χ4n) is 4.58. The first-order valence-corrected chi connectivity index (χ1v) is 13.6. The van der Waals surface area contributed by atoms with Crippen LogP contribution in [0.5, 0.6) is 11.6 Å². The molecule has 1 N–H and O–H groups in total. The molecule has 11 heteroatoms. The molecule has 4 aromatic rings. The standard InChI is InChI=1S/C30H27Cl2N5O4/c1-18(26-6-4-5-13-33-26)34-30(39)41-29-24-17-36(19(2)38)16-21(14-20-7-10-23(40-3)11-8-20)28(24)37(35-29)27-12-9-22(31)15-25(27)32/h4-15,18H,16-17H2,1-3H3,(H,34,39)/b21-14+/t18-/m1/s1. The minimum Gasteiger partial charge on any atom is -0.497 e. The monoisotopic (exact) mass is 591 g/mol. The van der Waals surface area contributed by atoms with Crippen molar-refractivity contribution in [1.29, 1.82) is 0 Å². The van der Waals surface area contributed by atoms with Gasteiger partial charge in [0, 0.05) is 24.7 Å². The Bertz CT molecular complexity index is 1620. The molecule has 1 aliphatic rings. The molecule has 0 spiro atoms. The van der Waals surface area contributed by atoms with Crippen LogP contribution < -0.4 is 14.8 Å². The van der Waals surface area contributed by atoms with E-state index in [2.05, 4.69) is 15.4 Å². The van der Waals surface area contributed by atoms with Gasteiger partial charge in [-0.25, -0.2) is 9.48 Å². The molecule has 3 heterocycles. The fourth-order valence-corrected chi connectivity index (χ4v) is 5.07. The van der Waals surface area contributed by atoms with Crippen LogP contribution in [0, 0.1) is 0 Å². The van der Waals surface area contributed by atoms with Gasteiger partial charge in [-0.15, -0.1) is 5.10 Å². The van der Waals surface area contributed by atoms with Gasteiger partial charge in [0.15, 0.2) is 0 Å². The summed E-state index contributed by atoms with van der Waals surface area (Å²) in [6.07, 6.45) is 2.90. The van der Waals surface area contributed by atoms with Crippen LogP contribution in [-0.4, -0.2) is 45.3 Å². The molecule has 0 saturated heterocycles. The predicted molar refractivity (Wildman–Crippen MR) is 157 cm³/mol. The number of nitrogens with zero attached hydrogens (tertiary/aromatic N) is 4. The van der Waals surface area contributed by atoms with Crippen molar-refractivity contribution in [2.75, 3.05) is 13.7 Å². The number of hydrogen-bond acceptors (Lipinski definition) is 6. The van der Waals surface area contributed by atoms with E-state index in [0.717, 1.165) is 16.9 Å². The molecule has 2 aromatic carbocycles. The van der Waals surface area contributed by atoms with Gasteiger partial charge in [0.2, 0.25) is 11.8 Å². The minimum atomic E-state index is -0.710. The molecular formula is C30H27Cl2N5O4. The highest BCUT2D eigenvalue weighted by Crippen LogP contribution is 2.38. The first-order chi connectivity index (χ1) is 19.7. The normalized spacial score (nSPS) is 14.4. The van der Waals surface area contributed by atoms with Gasteiger partial charge >= 0.3 is 6.09 Å². The van der Waals surface area contributed by atoms with Gasteiger partial charge in [0.1, 0.15) is 5.75 Å². The first kappa shape index (κ1) is 28.2. The zero-order chi connectivity index (χ0) is 29.1. The van der Waals surface area contributed by atoms with E-state index in [0.29, 0.717) is 39.2 Å². The van der Waals surface area contributed by atoms with Crippen LogP contribution in [0.2, 0.25) is 10.0 Å². The Kier molecular flexibility index (Phi) is 8.28. The Labute approximate surface area is 247 Å². The minimum absolute atomic E-state index is 0.0586. The van der Waals surface area contributed by atoms with Crippen molar-refractivity contribution < 1.29 is 19.1 Å². The molecule has 0 bridgehead atoms. The highest BCUT2D eigenvalue weighted by atomic mass is 35.5. The fraction of sp³-hybridized carbons (Fsp3) is 0.200. The molecule has 0 saturated carbocycles. The molecule has 2 amide bonds. The number of rotatable bonds is 6. The van der Waals surface area contributed by atoms with Crippen LogP contribution in [0.25, 0.3) is 17.3 Å². The lowest BCUT2D eigenvalue weighted by atomic mass is 9.99. The number of methoxy groups -OCH3 is 1. The van der Waals surface area contributed by atoms with Gasteiger partial charge in [-0.3, -0.25) is 9.78 Å². The van der Waals surface area contributed by atoms with Crippen molar-refractivity contribution in [2.24, 2.45) is 0 Å². The van der Waals surface area contributed by atoms with Crippen LogP contribution in [0.15, 0.2) is 66.9 Å². The van der Waals surface area contributed by atoms with Crippen molar-refractivity contribution in [3.8, 4) is 17.3 Å². The number of aromatic nitrogens is 3. The second kappa shape index (κ2) is 12.0. The highest BCUT2D eigenvalue weighted by molar-refractivity contribution is 6.35. The van der Waals surface area contributed by atoms with E-state index in [1.807, 2.05) is 42.5 Å². The Morgan fingerprint density at radius 2 is 1.85 bits per heavy atom. The Hall–Kier alpha value is -4.34. The van der Waals surface area contributed by atoms with Crippen molar-refractivity contribution in [3.05, 3.63) is 99.4 Å². The first-order valence-electron chi connectivity index (χ1n) is 12.8. The molecule has 5 rings (SSSR count). The van der Waals surface area contributed by atoms with Gasteiger partial charge in [-0.05, 0) is 66.6 Å². The number of carbonyl (C=O) groups excluding carboxylic acids is 2. The smallest absolute Gasteiger partial charge is 0.414 e. The quantitative estimate of drug-likeness (QED) is 0.281. The van der Waals surface area contributed by atoms with Crippen LogP contribution in [0.4, 0.5) is 4.79 Å². The van der Waals surface area contributed by atoms with E-state index < -0.39 is 12.1 Å². The summed E-state index contributed by atoms with van der Waals surface area (Å²) in [6, 6.07) is 17.6. The van der Waals surface area contributed by atoms with Gasteiger partial charge < -0.3 is 19.7 Å². The molecule has 0 unspecified atom stereocenters. The van der Waals surface area contributed by atoms with E-state index in [9.17, 15) is 9.59 Å².